The number of carbonyl (C=O) groups excluding carboxylic acids is 4. The minimum Gasteiger partial charge on any atom is -0.301 e. The van der Waals surface area contributed by atoms with E-state index in [1.54, 1.807) is 13.8 Å². The predicted octanol–water partition coefficient (Wildman–Crippen LogP) is 3.08. The second kappa shape index (κ2) is 12.6. The number of aryl methyl sites for hydroxylation is 2. The number of thiocarbonyl (C=S) groups is 2. The Morgan fingerprint density at radius 1 is 0.737 bits per heavy atom. The maximum absolute atomic E-state index is 13.1. The number of hydrogen-bond donors (Lipinski definition) is 2. The molecule has 0 atom stereocenters. The third kappa shape index (κ3) is 6.97. The van der Waals surface area contributed by atoms with Crippen molar-refractivity contribution in [1.82, 2.24) is 30.2 Å². The molecule has 0 aromatic carbocycles. The number of anilines is 2. The number of aromatic nitrogens is 4. The summed E-state index contributed by atoms with van der Waals surface area (Å²) in [5, 5.41) is 23.1. The van der Waals surface area contributed by atoms with Gasteiger partial charge in [0.1, 0.15) is 18.7 Å². The molecule has 0 radical (unpaired) electrons. The van der Waals surface area contributed by atoms with Gasteiger partial charge in [-0.2, -0.15) is 0 Å². The van der Waals surface area contributed by atoms with E-state index in [1.165, 1.54) is 32.5 Å². The van der Waals surface area contributed by atoms with Gasteiger partial charge in [0.25, 0.3) is 11.8 Å². The Bertz CT molecular complexity index is 1250. The van der Waals surface area contributed by atoms with Crippen molar-refractivity contribution < 1.29 is 19.2 Å². The van der Waals surface area contributed by atoms with Gasteiger partial charge in [-0.1, -0.05) is 70.6 Å². The Kier molecular flexibility index (Phi) is 9.53. The van der Waals surface area contributed by atoms with Crippen molar-refractivity contribution in [2.24, 2.45) is 0 Å². The Hall–Kier alpha value is -2.38. The van der Waals surface area contributed by atoms with E-state index in [9.17, 15) is 19.2 Å². The quantitative estimate of drug-likeness (QED) is 0.294. The number of carbonyl (C=O) groups is 4. The van der Waals surface area contributed by atoms with Crippen molar-refractivity contribution in [1.29, 1.82) is 0 Å². The highest BCUT2D eigenvalue weighted by Gasteiger charge is 2.41. The Labute approximate surface area is 244 Å². The number of nitrogens with one attached hydrogen (secondary N) is 2. The summed E-state index contributed by atoms with van der Waals surface area (Å²) >= 11 is 15.4. The van der Waals surface area contributed by atoms with Crippen molar-refractivity contribution in [3.05, 3.63) is 19.8 Å². The topological polar surface area (TPSA) is 150 Å². The molecule has 0 bridgehead atoms. The van der Waals surface area contributed by atoms with Crippen molar-refractivity contribution in [2.75, 3.05) is 23.7 Å². The van der Waals surface area contributed by atoms with E-state index >= 15 is 0 Å². The summed E-state index contributed by atoms with van der Waals surface area (Å²) in [5.74, 6) is -1.24. The van der Waals surface area contributed by atoms with Crippen molar-refractivity contribution in [3.8, 4) is 0 Å². The van der Waals surface area contributed by atoms with Crippen LogP contribution in [0.5, 0.6) is 0 Å². The van der Waals surface area contributed by atoms with Crippen LogP contribution < -0.4 is 10.6 Å². The fraction of sp³-hybridized carbons (Fsp3) is 0.400. The lowest BCUT2D eigenvalue weighted by atomic mass is 10.2. The first-order chi connectivity index (χ1) is 18.1. The smallest absolute Gasteiger partial charge is 0.267 e. The maximum Gasteiger partial charge on any atom is 0.267 e. The molecule has 4 amide bonds. The van der Waals surface area contributed by atoms with Crippen LogP contribution in [-0.4, -0.2) is 75.6 Å². The van der Waals surface area contributed by atoms with E-state index in [0.29, 0.717) is 31.7 Å². The molecule has 4 rings (SSSR count). The van der Waals surface area contributed by atoms with Crippen molar-refractivity contribution in [3.63, 3.8) is 0 Å². The summed E-state index contributed by atoms with van der Waals surface area (Å²) in [6.07, 6.45) is 1.09. The lowest BCUT2D eigenvalue weighted by molar-refractivity contribution is -0.124. The molecule has 2 aromatic rings. The van der Waals surface area contributed by atoms with E-state index < -0.39 is 0 Å². The molecule has 200 valence electrons. The van der Waals surface area contributed by atoms with Crippen LogP contribution in [0.4, 0.5) is 10.3 Å². The first kappa shape index (κ1) is 28.6. The van der Waals surface area contributed by atoms with Crippen LogP contribution in [0.2, 0.25) is 0 Å². The highest BCUT2D eigenvalue weighted by Crippen LogP contribution is 2.42. The summed E-state index contributed by atoms with van der Waals surface area (Å²) in [7, 11) is 0. The largest absolute Gasteiger partial charge is 0.301 e. The van der Waals surface area contributed by atoms with Crippen LogP contribution >= 0.6 is 70.6 Å². The second-order valence-electron chi connectivity index (χ2n) is 7.86. The predicted molar refractivity (Wildman–Crippen MR) is 156 cm³/mol. The van der Waals surface area contributed by atoms with E-state index in [0.717, 1.165) is 33.5 Å². The highest BCUT2D eigenvalue weighted by molar-refractivity contribution is 8.29. The monoisotopic (exact) mass is 628 g/mol. The third-order valence-corrected chi connectivity index (χ3v) is 9.55. The summed E-state index contributed by atoms with van der Waals surface area (Å²) in [6.45, 7) is 4.05. The van der Waals surface area contributed by atoms with Gasteiger partial charge < -0.3 is 10.6 Å². The first-order valence-corrected chi connectivity index (χ1v) is 15.2. The summed E-state index contributed by atoms with van der Waals surface area (Å²) in [4.78, 5) is 53.7. The molecule has 38 heavy (non-hydrogen) atoms. The number of rotatable bonds is 10. The summed E-state index contributed by atoms with van der Waals surface area (Å²) in [6, 6.07) is 0. The third-order valence-electron chi connectivity index (χ3n) is 5.02. The van der Waals surface area contributed by atoms with Gasteiger partial charge in [0.2, 0.25) is 22.1 Å². The van der Waals surface area contributed by atoms with Gasteiger partial charge in [-0.15, -0.1) is 20.4 Å². The lowest BCUT2D eigenvalue weighted by Crippen LogP contribution is -2.31. The van der Waals surface area contributed by atoms with Crippen LogP contribution in [0.25, 0.3) is 0 Å². The Morgan fingerprint density at radius 2 is 1.13 bits per heavy atom. The number of amides is 4. The lowest BCUT2D eigenvalue weighted by Gasteiger charge is -2.14. The fourth-order valence-electron chi connectivity index (χ4n) is 3.31. The molecule has 2 aliphatic rings. The number of hydrogen-bond acceptors (Lipinski definition) is 14. The number of thioether (sulfide) groups is 2. The van der Waals surface area contributed by atoms with Gasteiger partial charge in [0.05, 0.1) is 9.81 Å². The van der Waals surface area contributed by atoms with Gasteiger partial charge >= 0.3 is 0 Å². The van der Waals surface area contributed by atoms with Gasteiger partial charge in [-0.05, 0) is 26.7 Å². The average molecular weight is 629 g/mol. The summed E-state index contributed by atoms with van der Waals surface area (Å²) in [5.41, 5.74) is 0. The Morgan fingerprint density at radius 3 is 1.47 bits per heavy atom. The molecule has 2 fully saturated rings. The van der Waals surface area contributed by atoms with Crippen molar-refractivity contribution in [2.45, 2.75) is 39.5 Å². The van der Waals surface area contributed by atoms with E-state index in [1.807, 2.05) is 0 Å². The fourth-order valence-corrected chi connectivity index (χ4v) is 7.30. The van der Waals surface area contributed by atoms with Gasteiger partial charge in [-0.25, -0.2) is 0 Å². The average Bonchev–Trinajstić information content (AvgIpc) is 3.59. The molecule has 0 spiro atoms. The van der Waals surface area contributed by atoms with Gasteiger partial charge in [-0.3, -0.25) is 29.0 Å². The molecular weight excluding hydrogens is 609 g/mol. The molecule has 0 unspecified atom stereocenters. The van der Waals surface area contributed by atoms with Gasteiger partial charge in [0.15, 0.2) is 0 Å². The molecule has 12 nitrogen and oxygen atoms in total. The first-order valence-electron chi connectivity index (χ1n) is 11.1. The molecule has 2 aromatic heterocycles. The standard InChI is InChI=1S/C20H20N8O4S6/c1-9-23-25-17(35-9)21-11(29)5-3-7-27-15(31)13(37-19(27)33)14-16(32)28(20(34)38-14)8-4-6-12(30)22-18-26-24-10(2)36-18/h3-8H2,1-2H3,(H,21,25,29)(H,22,26,30). The molecule has 2 aliphatic heterocycles. The van der Waals surface area contributed by atoms with E-state index in [-0.39, 0.29) is 59.4 Å². The van der Waals surface area contributed by atoms with E-state index in [2.05, 4.69) is 31.0 Å². The zero-order valence-electron chi connectivity index (χ0n) is 20.0. The molecule has 4 heterocycles. The SMILES string of the molecule is Cc1nnc(NC(=O)CCCN2C(=O)C(=C3SC(=S)N(CCCC(=O)Nc4nnc(C)s4)C3=O)SC2=S)s1. The minimum absolute atomic E-state index is 0.166. The molecule has 2 N–H and O–H groups in total. The van der Waals surface area contributed by atoms with E-state index in [4.69, 9.17) is 24.4 Å². The van der Waals surface area contributed by atoms with Crippen molar-refractivity contribution >= 4 is 113 Å². The molecule has 0 aliphatic carbocycles. The van der Waals surface area contributed by atoms with Crippen LogP contribution in [0.1, 0.15) is 35.7 Å². The molecule has 18 heteroatoms. The Balaban J connectivity index is 1.27. The minimum atomic E-state index is -0.382. The van der Waals surface area contributed by atoms with Crippen LogP contribution in [0.3, 0.4) is 0 Å². The molecule has 0 saturated carbocycles. The summed E-state index contributed by atoms with van der Waals surface area (Å²) < 4.78 is 0.637. The zero-order valence-corrected chi connectivity index (χ0v) is 24.9. The molecular formula is C20H20N8O4S6. The normalized spacial score (nSPS) is 17.6. The van der Waals surface area contributed by atoms with Crippen LogP contribution in [0.15, 0.2) is 9.81 Å². The second-order valence-corrected chi connectivity index (χ2v) is 13.5. The number of nitrogens with zero attached hydrogens (tertiary/aromatic N) is 6. The van der Waals surface area contributed by atoms with Crippen LogP contribution in [-0.2, 0) is 19.2 Å². The maximum atomic E-state index is 13.1. The zero-order chi connectivity index (χ0) is 27.4. The highest BCUT2D eigenvalue weighted by atomic mass is 32.2. The van der Waals surface area contributed by atoms with Gasteiger partial charge in [0, 0.05) is 25.9 Å². The molecule has 2 saturated heterocycles. The van der Waals surface area contributed by atoms with Crippen LogP contribution in [0, 0.1) is 13.8 Å².